The molecule has 27 heavy (non-hydrogen) atoms. The van der Waals surface area contributed by atoms with Crippen LogP contribution < -0.4 is 10.9 Å². The number of rotatable bonds is 5. The SMILES string of the molecule is Cc1cccc2c(=O)[nH]c(CSc3nnc(Nc4cccc(Br)c4)s3)nc12. The van der Waals surface area contributed by atoms with Crippen molar-refractivity contribution in [2.75, 3.05) is 5.32 Å². The van der Waals surface area contributed by atoms with Gasteiger partial charge in [0.05, 0.1) is 16.7 Å². The third-order valence-corrected chi connectivity index (χ3v) is 6.28. The molecule has 2 aromatic carbocycles. The van der Waals surface area contributed by atoms with Gasteiger partial charge in [0, 0.05) is 10.2 Å². The highest BCUT2D eigenvalue weighted by Gasteiger charge is 2.09. The van der Waals surface area contributed by atoms with Crippen LogP contribution in [0.25, 0.3) is 10.9 Å². The minimum Gasteiger partial charge on any atom is -0.330 e. The molecule has 2 aromatic heterocycles. The second-order valence-electron chi connectivity index (χ2n) is 5.78. The molecular weight excluding hydrogens is 446 g/mol. The number of aryl methyl sites for hydroxylation is 1. The van der Waals surface area contributed by atoms with E-state index in [2.05, 4.69) is 41.4 Å². The van der Waals surface area contributed by atoms with Gasteiger partial charge in [-0.1, -0.05) is 57.2 Å². The Labute approximate surface area is 171 Å². The number of fused-ring (bicyclic) bond motifs is 1. The van der Waals surface area contributed by atoms with E-state index < -0.39 is 0 Å². The average Bonchev–Trinajstić information content (AvgIpc) is 3.08. The van der Waals surface area contributed by atoms with Crippen molar-refractivity contribution >= 4 is 60.8 Å². The van der Waals surface area contributed by atoms with Crippen LogP contribution in [0.5, 0.6) is 0 Å². The zero-order chi connectivity index (χ0) is 18.8. The Balaban J connectivity index is 1.48. The molecule has 0 radical (unpaired) electrons. The predicted octanol–water partition coefficient (Wildman–Crippen LogP) is 4.88. The Bertz CT molecular complexity index is 1170. The van der Waals surface area contributed by atoms with E-state index in [9.17, 15) is 4.79 Å². The van der Waals surface area contributed by atoms with Gasteiger partial charge in [0.2, 0.25) is 5.13 Å². The van der Waals surface area contributed by atoms with Crippen molar-refractivity contribution in [1.29, 1.82) is 0 Å². The number of H-pyrrole nitrogens is 1. The molecule has 0 spiro atoms. The maximum absolute atomic E-state index is 12.3. The molecule has 0 aliphatic carbocycles. The number of aromatic nitrogens is 4. The summed E-state index contributed by atoms with van der Waals surface area (Å²) in [6.07, 6.45) is 0. The molecule has 4 aromatic rings. The van der Waals surface area contributed by atoms with Crippen molar-refractivity contribution in [3.05, 3.63) is 68.7 Å². The molecule has 6 nitrogen and oxygen atoms in total. The molecule has 0 fully saturated rings. The molecule has 2 N–H and O–H groups in total. The quantitative estimate of drug-likeness (QED) is 0.413. The highest BCUT2D eigenvalue weighted by molar-refractivity contribution is 9.10. The lowest BCUT2D eigenvalue weighted by atomic mass is 10.1. The van der Waals surface area contributed by atoms with Crippen LogP contribution in [-0.2, 0) is 5.75 Å². The first kappa shape index (κ1) is 18.1. The normalized spacial score (nSPS) is 11.0. The zero-order valence-corrected chi connectivity index (χ0v) is 17.4. The van der Waals surface area contributed by atoms with Crippen LogP contribution in [0.4, 0.5) is 10.8 Å². The van der Waals surface area contributed by atoms with Crippen molar-refractivity contribution in [2.24, 2.45) is 0 Å². The van der Waals surface area contributed by atoms with Crippen molar-refractivity contribution < 1.29 is 0 Å². The number of hydrogen-bond acceptors (Lipinski definition) is 7. The first-order chi connectivity index (χ1) is 13.1. The van der Waals surface area contributed by atoms with Crippen molar-refractivity contribution in [3.63, 3.8) is 0 Å². The van der Waals surface area contributed by atoms with E-state index in [4.69, 9.17) is 0 Å². The number of thioether (sulfide) groups is 1. The molecule has 4 rings (SSSR count). The van der Waals surface area contributed by atoms with Crippen LogP contribution in [-0.4, -0.2) is 20.2 Å². The summed E-state index contributed by atoms with van der Waals surface area (Å²) >= 11 is 6.40. The molecule has 0 amide bonds. The van der Waals surface area contributed by atoms with Gasteiger partial charge in [0.1, 0.15) is 5.82 Å². The van der Waals surface area contributed by atoms with Gasteiger partial charge in [-0.3, -0.25) is 4.79 Å². The third-order valence-electron chi connectivity index (χ3n) is 3.80. The highest BCUT2D eigenvalue weighted by atomic mass is 79.9. The van der Waals surface area contributed by atoms with Crippen LogP contribution >= 0.6 is 39.0 Å². The van der Waals surface area contributed by atoms with E-state index in [1.54, 1.807) is 6.07 Å². The molecule has 0 bridgehead atoms. The summed E-state index contributed by atoms with van der Waals surface area (Å²) in [5.41, 5.74) is 2.55. The number of hydrogen-bond donors (Lipinski definition) is 2. The van der Waals surface area contributed by atoms with Gasteiger partial charge in [-0.25, -0.2) is 4.98 Å². The number of nitrogens with zero attached hydrogens (tertiary/aromatic N) is 3. The van der Waals surface area contributed by atoms with Crippen LogP contribution in [0.1, 0.15) is 11.4 Å². The lowest BCUT2D eigenvalue weighted by molar-refractivity contribution is 1.00. The van der Waals surface area contributed by atoms with E-state index in [0.29, 0.717) is 22.1 Å². The van der Waals surface area contributed by atoms with Gasteiger partial charge in [0.25, 0.3) is 5.56 Å². The molecule has 0 aliphatic rings. The summed E-state index contributed by atoms with van der Waals surface area (Å²) in [6, 6.07) is 13.5. The summed E-state index contributed by atoms with van der Waals surface area (Å²) in [4.78, 5) is 19.7. The van der Waals surface area contributed by atoms with Crippen molar-refractivity contribution in [3.8, 4) is 0 Å². The van der Waals surface area contributed by atoms with Crippen LogP contribution in [0, 0.1) is 6.92 Å². The number of halogens is 1. The van der Waals surface area contributed by atoms with Gasteiger partial charge >= 0.3 is 0 Å². The summed E-state index contributed by atoms with van der Waals surface area (Å²) < 4.78 is 1.80. The van der Waals surface area contributed by atoms with E-state index in [1.807, 2.05) is 43.3 Å². The molecule has 0 saturated carbocycles. The van der Waals surface area contributed by atoms with E-state index in [0.717, 1.165) is 25.6 Å². The number of aromatic amines is 1. The summed E-state index contributed by atoms with van der Waals surface area (Å²) in [6.45, 7) is 1.95. The first-order valence-electron chi connectivity index (χ1n) is 8.06. The van der Waals surface area contributed by atoms with E-state index in [-0.39, 0.29) is 5.56 Å². The summed E-state index contributed by atoms with van der Waals surface area (Å²) in [5.74, 6) is 1.15. The van der Waals surface area contributed by atoms with E-state index >= 15 is 0 Å². The Hall–Kier alpha value is -2.23. The number of benzene rings is 2. The van der Waals surface area contributed by atoms with Crippen LogP contribution in [0.2, 0.25) is 0 Å². The van der Waals surface area contributed by atoms with Crippen molar-refractivity contribution in [2.45, 2.75) is 17.0 Å². The fourth-order valence-electron chi connectivity index (χ4n) is 2.56. The minimum atomic E-state index is -0.117. The fourth-order valence-corrected chi connectivity index (χ4v) is 4.60. The monoisotopic (exact) mass is 459 g/mol. The average molecular weight is 460 g/mol. The predicted molar refractivity (Wildman–Crippen MR) is 114 cm³/mol. The first-order valence-corrected chi connectivity index (χ1v) is 10.7. The number of anilines is 2. The second-order valence-corrected chi connectivity index (χ2v) is 8.90. The summed E-state index contributed by atoms with van der Waals surface area (Å²) in [5, 5.41) is 12.9. The van der Waals surface area contributed by atoms with Crippen LogP contribution in [0.3, 0.4) is 0 Å². The molecular formula is C18H14BrN5OS2. The smallest absolute Gasteiger partial charge is 0.258 e. The van der Waals surface area contributed by atoms with E-state index in [1.165, 1.54) is 23.1 Å². The Morgan fingerprint density at radius 2 is 2.07 bits per heavy atom. The van der Waals surface area contributed by atoms with Gasteiger partial charge in [0.15, 0.2) is 4.34 Å². The Morgan fingerprint density at radius 3 is 2.93 bits per heavy atom. The fraction of sp³-hybridized carbons (Fsp3) is 0.111. The topological polar surface area (TPSA) is 83.6 Å². The molecule has 0 atom stereocenters. The summed E-state index contributed by atoms with van der Waals surface area (Å²) in [7, 11) is 0. The molecule has 9 heteroatoms. The zero-order valence-electron chi connectivity index (χ0n) is 14.2. The Kier molecular flexibility index (Phi) is 5.24. The standard InChI is InChI=1S/C18H14BrN5OS2/c1-10-4-2-7-13-15(10)21-14(22-16(13)25)9-26-18-24-23-17(27-18)20-12-6-3-5-11(19)8-12/h2-8H,9H2,1H3,(H,20,23)(H,21,22,25). The molecule has 0 saturated heterocycles. The van der Waals surface area contributed by atoms with Crippen molar-refractivity contribution in [1.82, 2.24) is 20.2 Å². The molecule has 136 valence electrons. The minimum absolute atomic E-state index is 0.117. The maximum atomic E-state index is 12.3. The lowest BCUT2D eigenvalue weighted by Crippen LogP contribution is -2.11. The molecule has 2 heterocycles. The highest BCUT2D eigenvalue weighted by Crippen LogP contribution is 2.30. The lowest BCUT2D eigenvalue weighted by Gasteiger charge is -2.04. The molecule has 0 aliphatic heterocycles. The van der Waals surface area contributed by atoms with Gasteiger partial charge < -0.3 is 10.3 Å². The largest absolute Gasteiger partial charge is 0.330 e. The number of para-hydroxylation sites is 1. The maximum Gasteiger partial charge on any atom is 0.258 e. The Morgan fingerprint density at radius 1 is 1.22 bits per heavy atom. The molecule has 0 unspecified atom stereocenters. The second kappa shape index (κ2) is 7.79. The van der Waals surface area contributed by atoms with Crippen LogP contribution in [0.15, 0.2) is 56.1 Å². The van der Waals surface area contributed by atoms with Gasteiger partial charge in [-0.2, -0.15) is 0 Å². The van der Waals surface area contributed by atoms with Gasteiger partial charge in [-0.15, -0.1) is 10.2 Å². The van der Waals surface area contributed by atoms with Gasteiger partial charge in [-0.05, 0) is 36.8 Å². The number of nitrogens with one attached hydrogen (secondary N) is 2. The third kappa shape index (κ3) is 4.20.